The number of likely N-dealkylation sites (N-methyl/N-ethyl adjacent to an activating group) is 1. The van der Waals surface area contributed by atoms with Crippen LogP contribution in [0.15, 0.2) is 6.33 Å². The predicted molar refractivity (Wildman–Crippen MR) is 79.9 cm³/mol. The van der Waals surface area contributed by atoms with Gasteiger partial charge in [0.25, 0.3) is 0 Å². The zero-order valence-corrected chi connectivity index (χ0v) is 12.3. The van der Waals surface area contributed by atoms with E-state index in [4.69, 9.17) is 0 Å². The van der Waals surface area contributed by atoms with Gasteiger partial charge in [-0.05, 0) is 39.8 Å². The first-order valence-corrected chi connectivity index (χ1v) is 7.21. The molecule has 0 unspecified atom stereocenters. The molecule has 0 bridgehead atoms. The molecule has 0 spiro atoms. The van der Waals surface area contributed by atoms with Crippen LogP contribution in [0.3, 0.4) is 0 Å². The topological polar surface area (TPSA) is 44.3 Å². The summed E-state index contributed by atoms with van der Waals surface area (Å²) in [7, 11) is 2.11. The molecule has 0 atom stereocenters. The van der Waals surface area contributed by atoms with Crippen LogP contribution in [0.1, 0.15) is 25.3 Å². The van der Waals surface area contributed by atoms with E-state index < -0.39 is 0 Å². The van der Waals surface area contributed by atoms with Crippen LogP contribution in [-0.4, -0.2) is 54.6 Å². The van der Waals surface area contributed by atoms with Crippen LogP contribution in [-0.2, 0) is 0 Å². The molecule has 1 aliphatic rings. The van der Waals surface area contributed by atoms with Gasteiger partial charge in [-0.25, -0.2) is 9.97 Å². The molecule has 1 aromatic rings. The van der Waals surface area contributed by atoms with Crippen LogP contribution in [0.25, 0.3) is 0 Å². The van der Waals surface area contributed by atoms with Crippen LogP contribution in [0.2, 0.25) is 0 Å². The molecule has 5 heteroatoms. The molecule has 2 rings (SSSR count). The van der Waals surface area contributed by atoms with E-state index in [-0.39, 0.29) is 0 Å². The zero-order valence-electron chi connectivity index (χ0n) is 12.3. The minimum absolute atomic E-state index is 0.884. The van der Waals surface area contributed by atoms with E-state index in [2.05, 4.69) is 46.0 Å². The largest absolute Gasteiger partial charge is 0.370 e. The smallest absolute Gasteiger partial charge is 0.136 e. The average Bonchev–Trinajstić information content (AvgIpc) is 2.92. The van der Waals surface area contributed by atoms with E-state index in [0.29, 0.717) is 0 Å². The number of hydrogen-bond acceptors (Lipinski definition) is 5. The standard InChI is InChI=1S/C14H25N5/c1-4-15-13-12(2)14(17-11-16-13)18(3)9-10-19-7-5-6-8-19/h11H,4-10H2,1-3H3,(H,15,16,17). The fraction of sp³-hybridized carbons (Fsp3) is 0.714. The second kappa shape index (κ2) is 6.70. The van der Waals surface area contributed by atoms with E-state index in [0.717, 1.165) is 36.8 Å². The van der Waals surface area contributed by atoms with Gasteiger partial charge in [-0.2, -0.15) is 0 Å². The summed E-state index contributed by atoms with van der Waals surface area (Å²) in [6.07, 6.45) is 4.34. The van der Waals surface area contributed by atoms with Crippen LogP contribution in [0, 0.1) is 6.92 Å². The first kappa shape index (κ1) is 14.1. The lowest BCUT2D eigenvalue weighted by molar-refractivity contribution is 0.346. The Balaban J connectivity index is 1.97. The van der Waals surface area contributed by atoms with Crippen molar-refractivity contribution in [2.45, 2.75) is 26.7 Å². The molecule has 0 aromatic carbocycles. The fourth-order valence-electron chi connectivity index (χ4n) is 2.57. The van der Waals surface area contributed by atoms with Crippen molar-refractivity contribution in [3.05, 3.63) is 11.9 Å². The fourth-order valence-corrected chi connectivity index (χ4v) is 2.57. The third kappa shape index (κ3) is 3.56. The molecular formula is C14H25N5. The Morgan fingerprint density at radius 1 is 1.32 bits per heavy atom. The van der Waals surface area contributed by atoms with Gasteiger partial charge in [0.05, 0.1) is 0 Å². The average molecular weight is 263 g/mol. The quantitative estimate of drug-likeness (QED) is 0.847. The van der Waals surface area contributed by atoms with E-state index >= 15 is 0 Å². The van der Waals surface area contributed by atoms with Gasteiger partial charge in [-0.3, -0.25) is 0 Å². The number of nitrogens with one attached hydrogen (secondary N) is 1. The number of aromatic nitrogens is 2. The van der Waals surface area contributed by atoms with Crippen molar-refractivity contribution in [3.63, 3.8) is 0 Å². The van der Waals surface area contributed by atoms with Crippen LogP contribution in [0.4, 0.5) is 11.6 Å². The zero-order chi connectivity index (χ0) is 13.7. The van der Waals surface area contributed by atoms with Crippen LogP contribution in [0.5, 0.6) is 0 Å². The molecule has 1 saturated heterocycles. The molecular weight excluding hydrogens is 238 g/mol. The molecule has 0 saturated carbocycles. The van der Waals surface area contributed by atoms with Crippen molar-refractivity contribution < 1.29 is 0 Å². The summed E-state index contributed by atoms with van der Waals surface area (Å²) in [5.74, 6) is 1.98. The highest BCUT2D eigenvalue weighted by molar-refractivity contribution is 5.57. The number of rotatable bonds is 6. The van der Waals surface area contributed by atoms with Crippen molar-refractivity contribution in [2.75, 3.05) is 50.0 Å². The van der Waals surface area contributed by atoms with Crippen molar-refractivity contribution in [1.29, 1.82) is 0 Å². The van der Waals surface area contributed by atoms with Crippen molar-refractivity contribution in [3.8, 4) is 0 Å². The molecule has 1 aliphatic heterocycles. The van der Waals surface area contributed by atoms with E-state index in [1.54, 1.807) is 6.33 Å². The highest BCUT2D eigenvalue weighted by Crippen LogP contribution is 2.21. The molecule has 5 nitrogen and oxygen atoms in total. The second-order valence-electron chi connectivity index (χ2n) is 5.17. The number of nitrogens with zero attached hydrogens (tertiary/aromatic N) is 4. The lowest BCUT2D eigenvalue weighted by Crippen LogP contribution is -2.32. The number of likely N-dealkylation sites (tertiary alicyclic amines) is 1. The summed E-state index contributed by atoms with van der Waals surface area (Å²) in [5, 5.41) is 3.28. The monoisotopic (exact) mass is 263 g/mol. The Bertz CT molecular complexity index is 401. The Labute approximate surface area is 116 Å². The summed E-state index contributed by atoms with van der Waals surface area (Å²) in [5.41, 5.74) is 1.13. The number of anilines is 2. The Kier molecular flexibility index (Phi) is 4.96. The Morgan fingerprint density at radius 3 is 2.74 bits per heavy atom. The van der Waals surface area contributed by atoms with E-state index in [9.17, 15) is 0 Å². The van der Waals surface area contributed by atoms with Crippen LogP contribution < -0.4 is 10.2 Å². The lowest BCUT2D eigenvalue weighted by Gasteiger charge is -2.24. The first-order chi connectivity index (χ1) is 9.22. The second-order valence-corrected chi connectivity index (χ2v) is 5.17. The third-order valence-corrected chi connectivity index (χ3v) is 3.71. The van der Waals surface area contributed by atoms with Gasteiger partial charge in [-0.1, -0.05) is 0 Å². The van der Waals surface area contributed by atoms with E-state index in [1.807, 2.05) is 0 Å². The summed E-state index contributed by atoms with van der Waals surface area (Å²) < 4.78 is 0. The Hall–Kier alpha value is -1.36. The van der Waals surface area contributed by atoms with Gasteiger partial charge in [-0.15, -0.1) is 0 Å². The lowest BCUT2D eigenvalue weighted by atomic mass is 10.3. The highest BCUT2D eigenvalue weighted by atomic mass is 15.2. The summed E-state index contributed by atoms with van der Waals surface area (Å²) >= 11 is 0. The summed E-state index contributed by atoms with van der Waals surface area (Å²) in [6.45, 7) is 9.69. The highest BCUT2D eigenvalue weighted by Gasteiger charge is 2.14. The summed E-state index contributed by atoms with van der Waals surface area (Å²) in [4.78, 5) is 13.5. The normalized spacial score (nSPS) is 15.7. The van der Waals surface area contributed by atoms with Gasteiger partial charge < -0.3 is 15.1 Å². The van der Waals surface area contributed by atoms with Crippen molar-refractivity contribution >= 4 is 11.6 Å². The van der Waals surface area contributed by atoms with Crippen LogP contribution >= 0.6 is 0 Å². The minimum atomic E-state index is 0.884. The van der Waals surface area contributed by atoms with Gasteiger partial charge in [0.15, 0.2) is 0 Å². The van der Waals surface area contributed by atoms with Gasteiger partial charge in [0, 0.05) is 32.2 Å². The van der Waals surface area contributed by atoms with E-state index in [1.165, 1.54) is 25.9 Å². The SMILES string of the molecule is CCNc1ncnc(N(C)CCN2CCCC2)c1C. The Morgan fingerprint density at radius 2 is 2.05 bits per heavy atom. The summed E-state index contributed by atoms with van der Waals surface area (Å²) in [6, 6.07) is 0. The maximum atomic E-state index is 4.42. The van der Waals surface area contributed by atoms with Crippen molar-refractivity contribution in [2.24, 2.45) is 0 Å². The molecule has 1 N–H and O–H groups in total. The maximum Gasteiger partial charge on any atom is 0.136 e. The van der Waals surface area contributed by atoms with Crippen molar-refractivity contribution in [1.82, 2.24) is 14.9 Å². The van der Waals surface area contributed by atoms with Gasteiger partial charge in [0.2, 0.25) is 0 Å². The minimum Gasteiger partial charge on any atom is -0.370 e. The molecule has 0 aliphatic carbocycles. The third-order valence-electron chi connectivity index (χ3n) is 3.71. The number of hydrogen-bond donors (Lipinski definition) is 1. The predicted octanol–water partition coefficient (Wildman–Crippen LogP) is 1.75. The van der Waals surface area contributed by atoms with Gasteiger partial charge in [0.1, 0.15) is 18.0 Å². The molecule has 1 aromatic heterocycles. The molecule has 0 amide bonds. The molecule has 1 fully saturated rings. The maximum absolute atomic E-state index is 4.42. The molecule has 19 heavy (non-hydrogen) atoms. The molecule has 106 valence electrons. The molecule has 0 radical (unpaired) electrons. The van der Waals surface area contributed by atoms with Gasteiger partial charge >= 0.3 is 0 Å². The first-order valence-electron chi connectivity index (χ1n) is 7.21. The molecule has 2 heterocycles.